The van der Waals surface area contributed by atoms with Gasteiger partial charge in [0.1, 0.15) is 6.54 Å². The van der Waals surface area contributed by atoms with Crippen LogP contribution in [0.1, 0.15) is 10.4 Å². The highest BCUT2D eigenvalue weighted by molar-refractivity contribution is 9.10. The number of hydrogen-bond acceptors (Lipinski definition) is 5. The fourth-order valence-electron chi connectivity index (χ4n) is 1.05. The van der Waals surface area contributed by atoms with E-state index in [1.165, 1.54) is 7.11 Å². The average Bonchev–Trinajstić information content (AvgIpc) is 2.35. The van der Waals surface area contributed by atoms with Crippen molar-refractivity contribution in [3.63, 3.8) is 0 Å². The minimum Gasteiger partial charge on any atom is -0.465 e. The number of ether oxygens (including phenoxy) is 1. The molecule has 0 unspecified atom stereocenters. The Bertz CT molecular complexity index is 482. The Labute approximate surface area is 106 Å². The van der Waals surface area contributed by atoms with Gasteiger partial charge in [0.25, 0.3) is 0 Å². The van der Waals surface area contributed by atoms with E-state index in [0.717, 1.165) is 4.47 Å². The minimum atomic E-state index is -0.482. The van der Waals surface area contributed by atoms with Crippen molar-refractivity contribution in [2.45, 2.75) is 0 Å². The maximum atomic E-state index is 11.5. The van der Waals surface area contributed by atoms with Crippen LogP contribution in [-0.4, -0.2) is 19.6 Å². The number of rotatable bonds is 4. The van der Waals surface area contributed by atoms with Crippen molar-refractivity contribution in [3.05, 3.63) is 28.2 Å². The molecule has 1 aromatic carbocycles. The zero-order chi connectivity index (χ0) is 12.7. The number of carbonyl (C=O) groups is 1. The summed E-state index contributed by atoms with van der Waals surface area (Å²) in [6.45, 7) is -0.0446. The van der Waals surface area contributed by atoms with E-state index < -0.39 is 5.97 Å². The van der Waals surface area contributed by atoms with E-state index in [0.29, 0.717) is 11.3 Å². The Hall–Kier alpha value is -1.94. The van der Waals surface area contributed by atoms with Crippen molar-refractivity contribution in [2.24, 2.45) is 10.3 Å². The van der Waals surface area contributed by atoms with E-state index in [4.69, 9.17) is 5.26 Å². The molecule has 0 saturated carbocycles. The molecule has 0 aliphatic rings. The third-order valence-corrected chi connectivity index (χ3v) is 2.26. The molecule has 0 aliphatic heterocycles. The van der Waals surface area contributed by atoms with Crippen molar-refractivity contribution >= 4 is 27.6 Å². The molecular weight excluding hydrogens is 288 g/mol. The second-order valence-corrected chi connectivity index (χ2v) is 3.77. The molecule has 0 heterocycles. The van der Waals surface area contributed by atoms with Gasteiger partial charge in [0.05, 0.1) is 24.4 Å². The molecule has 6 nitrogen and oxygen atoms in total. The van der Waals surface area contributed by atoms with Gasteiger partial charge < -0.3 is 4.74 Å². The highest BCUT2D eigenvalue weighted by Gasteiger charge is 2.11. The van der Waals surface area contributed by atoms with E-state index in [9.17, 15) is 4.79 Å². The molecule has 1 aromatic rings. The monoisotopic (exact) mass is 296 g/mol. The standard InChI is InChI=1S/C10H9BrN4O2/c1-17-10(16)8-6-7(11)2-3-9(8)14-15-13-5-4-12/h2-3,6H,5H2,1H3,(H,13,14). The average molecular weight is 297 g/mol. The summed E-state index contributed by atoms with van der Waals surface area (Å²) in [5, 5.41) is 15.4. The van der Waals surface area contributed by atoms with Gasteiger partial charge in [-0.15, -0.1) is 0 Å². The Kier molecular flexibility index (Phi) is 5.10. The van der Waals surface area contributed by atoms with Gasteiger partial charge in [0.2, 0.25) is 0 Å². The number of anilines is 1. The number of benzene rings is 1. The maximum absolute atomic E-state index is 11.5. The highest BCUT2D eigenvalue weighted by atomic mass is 79.9. The van der Waals surface area contributed by atoms with Gasteiger partial charge in [-0.1, -0.05) is 21.2 Å². The molecular formula is C10H9BrN4O2. The molecule has 0 bridgehead atoms. The lowest BCUT2D eigenvalue weighted by Gasteiger charge is -2.06. The first kappa shape index (κ1) is 13.1. The highest BCUT2D eigenvalue weighted by Crippen LogP contribution is 2.21. The number of esters is 1. The van der Waals surface area contributed by atoms with Crippen LogP contribution < -0.4 is 5.43 Å². The number of nitrogens with one attached hydrogen (secondary N) is 1. The van der Waals surface area contributed by atoms with Crippen molar-refractivity contribution in [3.8, 4) is 6.07 Å². The van der Waals surface area contributed by atoms with Gasteiger partial charge in [-0.05, 0) is 18.2 Å². The molecule has 0 fully saturated rings. The number of hydrogen-bond donors (Lipinski definition) is 1. The van der Waals surface area contributed by atoms with E-state index in [-0.39, 0.29) is 6.54 Å². The van der Waals surface area contributed by atoms with Gasteiger partial charge in [-0.25, -0.2) is 4.79 Å². The Balaban J connectivity index is 2.91. The SMILES string of the molecule is COC(=O)c1cc(Br)ccc1NN=NCC#N. The van der Waals surface area contributed by atoms with E-state index in [2.05, 4.69) is 36.4 Å². The molecule has 0 amide bonds. The second-order valence-electron chi connectivity index (χ2n) is 2.85. The summed E-state index contributed by atoms with van der Waals surface area (Å²) in [7, 11) is 1.30. The summed E-state index contributed by atoms with van der Waals surface area (Å²) >= 11 is 3.25. The van der Waals surface area contributed by atoms with Crippen LogP contribution in [0.4, 0.5) is 5.69 Å². The van der Waals surface area contributed by atoms with Gasteiger partial charge in [-0.3, -0.25) is 5.43 Å². The molecule has 1 N–H and O–H groups in total. The summed E-state index contributed by atoms with van der Waals surface area (Å²) in [5.74, 6) is -0.482. The Morgan fingerprint density at radius 1 is 1.65 bits per heavy atom. The molecule has 0 spiro atoms. The summed E-state index contributed by atoms with van der Waals surface area (Å²) in [6.07, 6.45) is 0. The van der Waals surface area contributed by atoms with E-state index in [1.807, 2.05) is 6.07 Å². The van der Waals surface area contributed by atoms with Crippen LogP contribution in [0.3, 0.4) is 0 Å². The maximum Gasteiger partial charge on any atom is 0.340 e. The van der Waals surface area contributed by atoms with Gasteiger partial charge in [-0.2, -0.15) is 10.4 Å². The van der Waals surface area contributed by atoms with Crippen molar-refractivity contribution in [1.82, 2.24) is 0 Å². The Morgan fingerprint density at radius 3 is 3.06 bits per heavy atom. The molecule has 0 aromatic heterocycles. The predicted octanol–water partition coefficient (Wildman–Crippen LogP) is 2.54. The number of halogens is 1. The second kappa shape index (κ2) is 6.60. The number of nitriles is 1. The normalized spacial score (nSPS) is 9.94. The van der Waals surface area contributed by atoms with Crippen LogP contribution in [0, 0.1) is 11.3 Å². The zero-order valence-corrected chi connectivity index (χ0v) is 10.6. The molecule has 0 radical (unpaired) electrons. The van der Waals surface area contributed by atoms with Gasteiger partial charge in [0.15, 0.2) is 0 Å². The number of methoxy groups -OCH3 is 1. The minimum absolute atomic E-state index is 0.0446. The quantitative estimate of drug-likeness (QED) is 0.400. The van der Waals surface area contributed by atoms with E-state index >= 15 is 0 Å². The van der Waals surface area contributed by atoms with Crippen LogP contribution >= 0.6 is 15.9 Å². The van der Waals surface area contributed by atoms with Crippen LogP contribution in [0.25, 0.3) is 0 Å². The lowest BCUT2D eigenvalue weighted by Crippen LogP contribution is -2.05. The number of nitrogens with zero attached hydrogens (tertiary/aromatic N) is 3. The van der Waals surface area contributed by atoms with Crippen LogP contribution in [0.15, 0.2) is 33.0 Å². The lowest BCUT2D eigenvalue weighted by molar-refractivity contribution is 0.0601. The van der Waals surface area contributed by atoms with Gasteiger partial charge in [0, 0.05) is 4.47 Å². The lowest BCUT2D eigenvalue weighted by atomic mass is 10.2. The first-order valence-electron chi connectivity index (χ1n) is 4.56. The third kappa shape index (κ3) is 3.85. The molecule has 0 saturated heterocycles. The topological polar surface area (TPSA) is 86.8 Å². The zero-order valence-electron chi connectivity index (χ0n) is 8.98. The first-order chi connectivity index (χ1) is 8.19. The molecule has 88 valence electrons. The Morgan fingerprint density at radius 2 is 2.41 bits per heavy atom. The van der Waals surface area contributed by atoms with Crippen molar-refractivity contribution < 1.29 is 9.53 Å². The summed E-state index contributed by atoms with van der Waals surface area (Å²) in [6, 6.07) is 6.82. The van der Waals surface area contributed by atoms with Gasteiger partial charge >= 0.3 is 5.97 Å². The van der Waals surface area contributed by atoms with Crippen LogP contribution in [-0.2, 0) is 4.74 Å². The molecule has 0 atom stereocenters. The third-order valence-electron chi connectivity index (χ3n) is 1.77. The molecule has 17 heavy (non-hydrogen) atoms. The summed E-state index contributed by atoms with van der Waals surface area (Å²) in [5.41, 5.74) is 3.37. The summed E-state index contributed by atoms with van der Waals surface area (Å²) < 4.78 is 5.38. The number of carbonyl (C=O) groups excluding carboxylic acids is 1. The molecule has 1 rings (SSSR count). The molecule has 0 aliphatic carbocycles. The summed E-state index contributed by atoms with van der Waals surface area (Å²) in [4.78, 5) is 11.5. The molecule has 7 heteroatoms. The smallest absolute Gasteiger partial charge is 0.340 e. The fourth-order valence-corrected chi connectivity index (χ4v) is 1.41. The van der Waals surface area contributed by atoms with E-state index in [1.54, 1.807) is 18.2 Å². The predicted molar refractivity (Wildman–Crippen MR) is 64.4 cm³/mol. The van der Waals surface area contributed by atoms with Crippen molar-refractivity contribution in [1.29, 1.82) is 5.26 Å². The largest absolute Gasteiger partial charge is 0.465 e. The fraction of sp³-hybridized carbons (Fsp3) is 0.200. The first-order valence-corrected chi connectivity index (χ1v) is 5.35. The van der Waals surface area contributed by atoms with Crippen LogP contribution in [0.5, 0.6) is 0 Å². The van der Waals surface area contributed by atoms with Crippen LogP contribution in [0.2, 0.25) is 0 Å². The van der Waals surface area contributed by atoms with Crippen molar-refractivity contribution in [2.75, 3.05) is 19.1 Å².